The second-order valence-electron chi connectivity index (χ2n) is 6.05. The number of esters is 1. The molecule has 0 aliphatic carbocycles. The fourth-order valence-corrected chi connectivity index (χ4v) is 4.41. The van der Waals surface area contributed by atoms with Crippen LogP contribution in [0.1, 0.15) is 26.6 Å². The van der Waals surface area contributed by atoms with Gasteiger partial charge in [0.05, 0.1) is 35.3 Å². The van der Waals surface area contributed by atoms with Crippen molar-refractivity contribution in [2.45, 2.75) is 19.6 Å². The Bertz CT molecular complexity index is 1100. The number of fused-ring (bicyclic) bond motifs is 1. The molecule has 146 valence electrons. The van der Waals surface area contributed by atoms with Crippen molar-refractivity contribution >= 4 is 50.9 Å². The first-order valence-electron chi connectivity index (χ1n) is 8.44. The maximum atomic E-state index is 12.3. The molecular formula is C19H19N3O4S2. The molecule has 0 radical (unpaired) electrons. The zero-order valence-corrected chi connectivity index (χ0v) is 17.3. The van der Waals surface area contributed by atoms with E-state index in [-0.39, 0.29) is 17.2 Å². The average molecular weight is 418 g/mol. The molecule has 0 atom stereocenters. The maximum absolute atomic E-state index is 12.3. The number of carbonyl (C=O) groups excluding carboxylic acids is 2. The Morgan fingerprint density at radius 2 is 2.04 bits per heavy atom. The molecule has 3 rings (SSSR count). The van der Waals surface area contributed by atoms with Crippen molar-refractivity contribution in [3.8, 4) is 0 Å². The van der Waals surface area contributed by atoms with Crippen LogP contribution in [0.3, 0.4) is 0 Å². The van der Waals surface area contributed by atoms with Crippen LogP contribution in [-0.4, -0.2) is 34.7 Å². The van der Waals surface area contributed by atoms with Crippen LogP contribution < -0.4 is 10.9 Å². The topological polar surface area (TPSA) is 101 Å². The highest BCUT2D eigenvalue weighted by atomic mass is 32.2. The van der Waals surface area contributed by atoms with Gasteiger partial charge >= 0.3 is 5.97 Å². The molecule has 2 N–H and O–H groups in total. The Morgan fingerprint density at radius 1 is 1.29 bits per heavy atom. The second kappa shape index (κ2) is 8.57. The van der Waals surface area contributed by atoms with E-state index in [2.05, 4.69) is 15.3 Å². The molecule has 0 saturated heterocycles. The summed E-state index contributed by atoms with van der Waals surface area (Å²) in [6.45, 7) is 3.88. The smallest absolute Gasteiger partial charge is 0.339 e. The number of methoxy groups -OCH3 is 1. The summed E-state index contributed by atoms with van der Waals surface area (Å²) in [6.07, 6.45) is 0. The van der Waals surface area contributed by atoms with Crippen LogP contribution in [0.2, 0.25) is 0 Å². The number of hydrogen-bond acceptors (Lipinski definition) is 7. The number of nitrogens with zero attached hydrogens (tertiary/aromatic N) is 1. The first-order chi connectivity index (χ1) is 13.4. The predicted octanol–water partition coefficient (Wildman–Crippen LogP) is 3.26. The van der Waals surface area contributed by atoms with E-state index >= 15 is 0 Å². The SMILES string of the molecule is COC(=O)c1ccccc1NC(=O)CSCc1nc2sc(C)c(C)c2c(=O)[nH]1. The number of aromatic nitrogens is 2. The lowest BCUT2D eigenvalue weighted by molar-refractivity contribution is -0.113. The minimum atomic E-state index is -0.514. The summed E-state index contributed by atoms with van der Waals surface area (Å²) in [5, 5.41) is 3.35. The van der Waals surface area contributed by atoms with Gasteiger partial charge in [-0.15, -0.1) is 23.1 Å². The van der Waals surface area contributed by atoms with Crippen LogP contribution >= 0.6 is 23.1 Å². The summed E-state index contributed by atoms with van der Waals surface area (Å²) >= 11 is 2.82. The number of thiophene rings is 1. The van der Waals surface area contributed by atoms with Crippen molar-refractivity contribution in [3.05, 3.63) is 56.4 Å². The van der Waals surface area contributed by atoms with Gasteiger partial charge in [-0.2, -0.15) is 0 Å². The van der Waals surface area contributed by atoms with Crippen LogP contribution in [0.25, 0.3) is 10.2 Å². The number of thioether (sulfide) groups is 1. The Balaban J connectivity index is 1.63. The summed E-state index contributed by atoms with van der Waals surface area (Å²) in [5.41, 5.74) is 1.50. The summed E-state index contributed by atoms with van der Waals surface area (Å²) < 4.78 is 4.72. The summed E-state index contributed by atoms with van der Waals surface area (Å²) in [6, 6.07) is 6.65. The van der Waals surface area contributed by atoms with Crippen LogP contribution in [0.5, 0.6) is 0 Å². The van der Waals surface area contributed by atoms with E-state index in [1.54, 1.807) is 24.3 Å². The van der Waals surface area contributed by atoms with Crippen LogP contribution in [0.15, 0.2) is 29.1 Å². The number of anilines is 1. The third-order valence-electron chi connectivity index (χ3n) is 4.17. The van der Waals surface area contributed by atoms with Gasteiger partial charge in [0.1, 0.15) is 10.7 Å². The lowest BCUT2D eigenvalue weighted by Crippen LogP contribution is -2.17. The number of rotatable bonds is 6. The van der Waals surface area contributed by atoms with Gasteiger partial charge in [-0.25, -0.2) is 9.78 Å². The number of hydrogen-bond donors (Lipinski definition) is 2. The molecule has 0 fully saturated rings. The number of ether oxygens (including phenoxy) is 1. The van der Waals surface area contributed by atoms with Crippen molar-refractivity contribution in [1.29, 1.82) is 0 Å². The first kappa shape index (κ1) is 20.1. The fourth-order valence-electron chi connectivity index (χ4n) is 2.67. The van der Waals surface area contributed by atoms with Gasteiger partial charge < -0.3 is 15.0 Å². The minimum absolute atomic E-state index is 0.153. The van der Waals surface area contributed by atoms with Crippen molar-refractivity contribution < 1.29 is 14.3 Å². The number of para-hydroxylation sites is 1. The molecule has 1 aromatic carbocycles. The van der Waals surface area contributed by atoms with Gasteiger partial charge in [0.2, 0.25) is 5.91 Å². The molecule has 2 aromatic heterocycles. The molecular weight excluding hydrogens is 398 g/mol. The number of amides is 1. The molecule has 3 aromatic rings. The zero-order valence-electron chi connectivity index (χ0n) is 15.6. The monoisotopic (exact) mass is 417 g/mol. The van der Waals surface area contributed by atoms with Gasteiger partial charge in [0, 0.05) is 4.88 Å². The number of H-pyrrole nitrogens is 1. The summed E-state index contributed by atoms with van der Waals surface area (Å²) in [4.78, 5) is 45.3. The first-order valence-corrected chi connectivity index (χ1v) is 10.4. The Labute approximate surface area is 169 Å². The van der Waals surface area contributed by atoms with Gasteiger partial charge in [0.15, 0.2) is 0 Å². The van der Waals surface area contributed by atoms with Crippen molar-refractivity contribution in [3.63, 3.8) is 0 Å². The van der Waals surface area contributed by atoms with E-state index in [0.717, 1.165) is 10.4 Å². The normalized spacial score (nSPS) is 10.8. The second-order valence-corrected chi connectivity index (χ2v) is 8.24. The molecule has 0 aliphatic heterocycles. The number of aryl methyl sites for hydroxylation is 2. The van der Waals surface area contributed by atoms with E-state index in [4.69, 9.17) is 4.74 Å². The third-order valence-corrected chi connectivity index (χ3v) is 6.21. The third kappa shape index (κ3) is 4.26. The number of aromatic amines is 1. The lowest BCUT2D eigenvalue weighted by Gasteiger charge is -2.09. The molecule has 0 saturated carbocycles. The van der Waals surface area contributed by atoms with E-state index in [1.807, 2.05) is 13.8 Å². The molecule has 0 unspecified atom stereocenters. The zero-order chi connectivity index (χ0) is 20.3. The number of nitrogens with one attached hydrogen (secondary N) is 2. The molecule has 2 heterocycles. The summed E-state index contributed by atoms with van der Waals surface area (Å²) in [5.74, 6) is 0.312. The molecule has 0 aliphatic rings. The average Bonchev–Trinajstić information content (AvgIpc) is 2.95. The molecule has 0 bridgehead atoms. The van der Waals surface area contributed by atoms with Crippen LogP contribution in [0.4, 0.5) is 5.69 Å². The largest absolute Gasteiger partial charge is 0.465 e. The lowest BCUT2D eigenvalue weighted by atomic mass is 10.2. The van der Waals surface area contributed by atoms with Gasteiger partial charge in [-0.3, -0.25) is 9.59 Å². The molecule has 7 nitrogen and oxygen atoms in total. The van der Waals surface area contributed by atoms with Crippen LogP contribution in [-0.2, 0) is 15.3 Å². The predicted molar refractivity (Wildman–Crippen MR) is 112 cm³/mol. The van der Waals surface area contributed by atoms with Crippen molar-refractivity contribution in [1.82, 2.24) is 9.97 Å². The maximum Gasteiger partial charge on any atom is 0.339 e. The van der Waals surface area contributed by atoms with E-state index in [1.165, 1.54) is 30.2 Å². The summed E-state index contributed by atoms with van der Waals surface area (Å²) in [7, 11) is 1.29. The highest BCUT2D eigenvalue weighted by molar-refractivity contribution is 7.99. The quantitative estimate of drug-likeness (QED) is 0.597. The highest BCUT2D eigenvalue weighted by Crippen LogP contribution is 2.26. The van der Waals surface area contributed by atoms with E-state index in [9.17, 15) is 14.4 Å². The Kier molecular flexibility index (Phi) is 6.15. The number of carbonyl (C=O) groups is 2. The van der Waals surface area contributed by atoms with E-state index < -0.39 is 5.97 Å². The van der Waals surface area contributed by atoms with Gasteiger partial charge in [-0.1, -0.05) is 12.1 Å². The van der Waals surface area contributed by atoms with Gasteiger partial charge in [0.25, 0.3) is 5.56 Å². The van der Waals surface area contributed by atoms with Crippen molar-refractivity contribution in [2.24, 2.45) is 0 Å². The molecule has 28 heavy (non-hydrogen) atoms. The fraction of sp³-hybridized carbons (Fsp3) is 0.263. The van der Waals surface area contributed by atoms with E-state index in [0.29, 0.717) is 33.0 Å². The Morgan fingerprint density at radius 3 is 2.79 bits per heavy atom. The van der Waals surface area contributed by atoms with Crippen molar-refractivity contribution in [2.75, 3.05) is 18.2 Å². The molecule has 9 heteroatoms. The molecule has 1 amide bonds. The minimum Gasteiger partial charge on any atom is -0.465 e. The van der Waals surface area contributed by atoms with Crippen LogP contribution in [0, 0.1) is 13.8 Å². The highest BCUT2D eigenvalue weighted by Gasteiger charge is 2.14. The molecule has 0 spiro atoms. The standard InChI is InChI=1S/C19H19N3O4S2/c1-10-11(2)28-18-16(10)17(24)21-14(22-18)8-27-9-15(23)20-13-7-5-4-6-12(13)19(25)26-3/h4-7H,8-9H2,1-3H3,(H,20,23)(H,21,22,24). The van der Waals surface area contributed by atoms with Gasteiger partial charge in [-0.05, 0) is 31.5 Å². The Hall–Kier alpha value is -2.65. The number of benzene rings is 1.